The SMILES string of the molecule is Cc1ccc(C[NH2+]CCC[NH+](C)C)o1. The van der Waals surface area contributed by atoms with Crippen LogP contribution in [-0.2, 0) is 6.54 Å². The normalized spacial score (nSPS) is 11.1. The molecule has 0 atom stereocenters. The molecule has 0 bridgehead atoms. The summed E-state index contributed by atoms with van der Waals surface area (Å²) in [5.41, 5.74) is 0. The summed E-state index contributed by atoms with van der Waals surface area (Å²) < 4.78 is 5.47. The molecule has 0 aromatic carbocycles. The third kappa shape index (κ3) is 4.44. The van der Waals surface area contributed by atoms with Crippen LogP contribution in [0.3, 0.4) is 0 Å². The summed E-state index contributed by atoms with van der Waals surface area (Å²) in [6.07, 6.45) is 1.27. The van der Waals surface area contributed by atoms with Gasteiger partial charge in [-0.15, -0.1) is 0 Å². The Labute approximate surface area is 86.1 Å². The number of hydrogen-bond donors (Lipinski definition) is 2. The van der Waals surface area contributed by atoms with Gasteiger partial charge in [-0.1, -0.05) is 0 Å². The first-order chi connectivity index (χ1) is 6.68. The van der Waals surface area contributed by atoms with E-state index in [-0.39, 0.29) is 0 Å². The van der Waals surface area contributed by atoms with Gasteiger partial charge < -0.3 is 14.6 Å². The maximum absolute atomic E-state index is 5.47. The second-order valence-corrected chi connectivity index (χ2v) is 4.10. The Morgan fingerprint density at radius 2 is 2.14 bits per heavy atom. The molecule has 0 saturated carbocycles. The quantitative estimate of drug-likeness (QED) is 0.576. The molecule has 1 aromatic heterocycles. The van der Waals surface area contributed by atoms with Gasteiger partial charge in [0.15, 0.2) is 5.76 Å². The summed E-state index contributed by atoms with van der Waals surface area (Å²) in [6.45, 7) is 5.38. The van der Waals surface area contributed by atoms with E-state index in [1.807, 2.05) is 13.0 Å². The molecular formula is C11H22N2O+2. The highest BCUT2D eigenvalue weighted by molar-refractivity contribution is 5.03. The molecule has 3 nitrogen and oxygen atoms in total. The Bertz CT molecular complexity index is 256. The lowest BCUT2D eigenvalue weighted by Crippen LogP contribution is -3.06. The molecule has 0 aliphatic rings. The van der Waals surface area contributed by atoms with Crippen LogP contribution in [0.4, 0.5) is 0 Å². The van der Waals surface area contributed by atoms with Gasteiger partial charge >= 0.3 is 0 Å². The average molecular weight is 198 g/mol. The van der Waals surface area contributed by atoms with Crippen molar-refractivity contribution in [2.24, 2.45) is 0 Å². The molecule has 1 aromatic rings. The third-order valence-electron chi connectivity index (χ3n) is 2.23. The van der Waals surface area contributed by atoms with Crippen LogP contribution in [0.2, 0.25) is 0 Å². The molecule has 0 saturated heterocycles. The summed E-state index contributed by atoms with van der Waals surface area (Å²) in [4.78, 5) is 1.52. The zero-order chi connectivity index (χ0) is 10.4. The van der Waals surface area contributed by atoms with Crippen molar-refractivity contribution in [3.8, 4) is 0 Å². The highest BCUT2D eigenvalue weighted by Crippen LogP contribution is 2.03. The van der Waals surface area contributed by atoms with Gasteiger partial charge in [0.2, 0.25) is 0 Å². The molecule has 1 rings (SSSR count). The maximum atomic E-state index is 5.47. The van der Waals surface area contributed by atoms with Crippen LogP contribution in [0.25, 0.3) is 0 Å². The molecule has 3 heteroatoms. The van der Waals surface area contributed by atoms with E-state index in [1.54, 1.807) is 0 Å². The van der Waals surface area contributed by atoms with E-state index in [0.717, 1.165) is 18.1 Å². The second-order valence-electron chi connectivity index (χ2n) is 4.10. The van der Waals surface area contributed by atoms with Crippen LogP contribution in [-0.4, -0.2) is 27.2 Å². The summed E-state index contributed by atoms with van der Waals surface area (Å²) in [6, 6.07) is 4.08. The number of furan rings is 1. The predicted octanol–water partition coefficient (Wildman–Crippen LogP) is -0.814. The maximum Gasteiger partial charge on any atom is 0.158 e. The lowest BCUT2D eigenvalue weighted by molar-refractivity contribution is -0.860. The minimum atomic E-state index is 0.969. The Morgan fingerprint density at radius 1 is 1.36 bits per heavy atom. The Balaban J connectivity index is 2.04. The van der Waals surface area contributed by atoms with Gasteiger partial charge in [-0.05, 0) is 19.1 Å². The van der Waals surface area contributed by atoms with Crippen molar-refractivity contribution in [3.63, 3.8) is 0 Å². The summed E-state index contributed by atoms with van der Waals surface area (Å²) in [5, 5.41) is 2.31. The molecule has 14 heavy (non-hydrogen) atoms. The fraction of sp³-hybridized carbons (Fsp3) is 0.636. The summed E-state index contributed by atoms with van der Waals surface area (Å²) >= 11 is 0. The first-order valence-electron chi connectivity index (χ1n) is 5.34. The van der Waals surface area contributed by atoms with Gasteiger partial charge in [-0.3, -0.25) is 0 Å². The van der Waals surface area contributed by atoms with Crippen molar-refractivity contribution in [1.29, 1.82) is 0 Å². The van der Waals surface area contributed by atoms with Gasteiger partial charge in [-0.25, -0.2) is 0 Å². The van der Waals surface area contributed by atoms with Gasteiger partial charge in [0.05, 0.1) is 27.2 Å². The van der Waals surface area contributed by atoms with Crippen LogP contribution in [0, 0.1) is 6.92 Å². The predicted molar refractivity (Wildman–Crippen MR) is 56.2 cm³/mol. The number of rotatable bonds is 6. The van der Waals surface area contributed by atoms with E-state index in [1.165, 1.54) is 24.4 Å². The number of aryl methyl sites for hydroxylation is 1. The molecule has 0 radical (unpaired) electrons. The summed E-state index contributed by atoms with van der Waals surface area (Å²) in [5.74, 6) is 2.09. The highest BCUT2D eigenvalue weighted by Gasteiger charge is 2.00. The Morgan fingerprint density at radius 3 is 2.71 bits per heavy atom. The van der Waals surface area contributed by atoms with Crippen molar-refractivity contribution in [2.75, 3.05) is 27.2 Å². The van der Waals surface area contributed by atoms with E-state index in [2.05, 4.69) is 25.5 Å². The van der Waals surface area contributed by atoms with E-state index >= 15 is 0 Å². The first kappa shape index (κ1) is 11.3. The largest absolute Gasteiger partial charge is 0.460 e. The van der Waals surface area contributed by atoms with Crippen molar-refractivity contribution in [2.45, 2.75) is 19.9 Å². The van der Waals surface area contributed by atoms with Crippen LogP contribution >= 0.6 is 0 Å². The molecular weight excluding hydrogens is 176 g/mol. The molecule has 0 aliphatic heterocycles. The standard InChI is InChI=1S/C11H20N2O/c1-10-5-6-11(14-10)9-12-7-4-8-13(2)3/h5-6,12H,4,7-9H2,1-3H3/p+2. The van der Waals surface area contributed by atoms with Gasteiger partial charge in [0.25, 0.3) is 0 Å². The number of nitrogens with one attached hydrogen (secondary N) is 1. The van der Waals surface area contributed by atoms with E-state index < -0.39 is 0 Å². The lowest BCUT2D eigenvalue weighted by atomic mass is 10.4. The van der Waals surface area contributed by atoms with Crippen molar-refractivity contribution in [1.82, 2.24) is 0 Å². The van der Waals surface area contributed by atoms with Crippen LogP contribution < -0.4 is 10.2 Å². The minimum Gasteiger partial charge on any atom is -0.460 e. The van der Waals surface area contributed by atoms with Crippen LogP contribution in [0.1, 0.15) is 17.9 Å². The average Bonchev–Trinajstić information content (AvgIpc) is 2.50. The number of quaternary nitrogens is 2. The molecule has 0 fully saturated rings. The molecule has 1 heterocycles. The third-order valence-corrected chi connectivity index (χ3v) is 2.23. The first-order valence-corrected chi connectivity index (χ1v) is 5.34. The molecule has 0 unspecified atom stereocenters. The second kappa shape index (κ2) is 5.83. The van der Waals surface area contributed by atoms with Gasteiger partial charge in [0, 0.05) is 6.42 Å². The fourth-order valence-corrected chi connectivity index (χ4v) is 1.44. The van der Waals surface area contributed by atoms with E-state index in [0.29, 0.717) is 0 Å². The molecule has 0 spiro atoms. The number of nitrogens with two attached hydrogens (primary N) is 1. The zero-order valence-corrected chi connectivity index (χ0v) is 9.47. The molecule has 80 valence electrons. The van der Waals surface area contributed by atoms with E-state index in [4.69, 9.17) is 4.42 Å². The summed E-state index contributed by atoms with van der Waals surface area (Å²) in [7, 11) is 4.38. The topological polar surface area (TPSA) is 34.2 Å². The molecule has 3 N–H and O–H groups in total. The fourth-order valence-electron chi connectivity index (χ4n) is 1.44. The van der Waals surface area contributed by atoms with Gasteiger partial charge in [0.1, 0.15) is 12.3 Å². The van der Waals surface area contributed by atoms with E-state index in [9.17, 15) is 0 Å². The Kier molecular flexibility index (Phi) is 4.70. The van der Waals surface area contributed by atoms with Crippen molar-refractivity contribution >= 4 is 0 Å². The van der Waals surface area contributed by atoms with Crippen LogP contribution in [0.5, 0.6) is 0 Å². The van der Waals surface area contributed by atoms with Crippen molar-refractivity contribution < 1.29 is 14.6 Å². The highest BCUT2D eigenvalue weighted by atomic mass is 16.3. The monoisotopic (exact) mass is 198 g/mol. The van der Waals surface area contributed by atoms with Gasteiger partial charge in [-0.2, -0.15) is 0 Å². The minimum absolute atomic E-state index is 0.969. The Hall–Kier alpha value is -0.800. The van der Waals surface area contributed by atoms with Crippen molar-refractivity contribution in [3.05, 3.63) is 23.7 Å². The van der Waals surface area contributed by atoms with Crippen LogP contribution in [0.15, 0.2) is 16.5 Å². The number of hydrogen-bond acceptors (Lipinski definition) is 1. The molecule has 0 aliphatic carbocycles. The lowest BCUT2D eigenvalue weighted by Gasteiger charge is -2.05. The molecule has 0 amide bonds. The zero-order valence-electron chi connectivity index (χ0n) is 9.47. The smallest absolute Gasteiger partial charge is 0.158 e.